The average molecular weight is 382 g/mol. The first-order chi connectivity index (χ1) is 12.9. The SMILES string of the molecule is CCONc1ncnc2c1c(B(O)O)cn2[C@@H]1OC(CO)C(O)C1(C)OC. The van der Waals surface area contributed by atoms with Gasteiger partial charge in [0.15, 0.2) is 12.0 Å². The highest BCUT2D eigenvalue weighted by Crippen LogP contribution is 2.42. The fourth-order valence-corrected chi connectivity index (χ4v) is 3.30. The summed E-state index contributed by atoms with van der Waals surface area (Å²) < 4.78 is 12.8. The van der Waals surface area contributed by atoms with Gasteiger partial charge in [0.05, 0.1) is 18.6 Å². The molecule has 0 aliphatic carbocycles. The van der Waals surface area contributed by atoms with Crippen LogP contribution < -0.4 is 10.9 Å². The minimum atomic E-state index is -1.81. The summed E-state index contributed by atoms with van der Waals surface area (Å²) in [7, 11) is -0.389. The second-order valence-electron chi connectivity index (χ2n) is 6.36. The lowest BCUT2D eigenvalue weighted by Crippen LogP contribution is -2.46. The molecule has 2 aromatic rings. The second kappa shape index (κ2) is 7.68. The summed E-state index contributed by atoms with van der Waals surface area (Å²) in [5, 5.41) is 40.0. The van der Waals surface area contributed by atoms with Gasteiger partial charge in [-0.15, -0.1) is 0 Å². The Balaban J connectivity index is 2.17. The lowest BCUT2D eigenvalue weighted by Gasteiger charge is -2.31. The molecule has 3 heterocycles. The van der Waals surface area contributed by atoms with Crippen LogP contribution >= 0.6 is 0 Å². The Kier molecular flexibility index (Phi) is 5.67. The van der Waals surface area contributed by atoms with E-state index in [1.165, 1.54) is 24.2 Å². The van der Waals surface area contributed by atoms with Gasteiger partial charge in [0.2, 0.25) is 0 Å². The number of methoxy groups -OCH3 is 1. The highest BCUT2D eigenvalue weighted by Gasteiger charge is 2.55. The molecule has 0 spiro atoms. The van der Waals surface area contributed by atoms with E-state index in [1.807, 2.05) is 0 Å². The zero-order valence-electron chi connectivity index (χ0n) is 15.2. The average Bonchev–Trinajstić information content (AvgIpc) is 3.17. The van der Waals surface area contributed by atoms with Crippen molar-refractivity contribution in [2.75, 3.05) is 25.8 Å². The van der Waals surface area contributed by atoms with E-state index in [0.29, 0.717) is 17.6 Å². The first-order valence-electron chi connectivity index (χ1n) is 8.47. The summed E-state index contributed by atoms with van der Waals surface area (Å²) in [5.74, 6) is 0.250. The van der Waals surface area contributed by atoms with E-state index < -0.39 is 37.8 Å². The van der Waals surface area contributed by atoms with Crippen LogP contribution in [-0.2, 0) is 14.3 Å². The van der Waals surface area contributed by atoms with Gasteiger partial charge in [0.1, 0.15) is 29.8 Å². The molecule has 0 bridgehead atoms. The standard InChI is InChI=1S/C15H23BN4O7/c1-4-26-19-12-10-8(16(23)24)5-20(13(10)18-7-17-12)14-15(2,25-3)11(22)9(6-21)27-14/h5,7,9,11,14,21-24H,4,6H2,1-3H3,(H,17,18,19)/t9?,11?,14-,15?/m1/s1. The van der Waals surface area contributed by atoms with Gasteiger partial charge in [-0.3, -0.25) is 4.84 Å². The summed E-state index contributed by atoms with van der Waals surface area (Å²) in [4.78, 5) is 13.5. The monoisotopic (exact) mass is 382 g/mol. The number of aromatic nitrogens is 3. The molecule has 0 aromatic carbocycles. The Hall–Kier alpha value is -1.80. The molecule has 1 aliphatic rings. The third-order valence-corrected chi connectivity index (χ3v) is 4.84. The number of nitrogens with zero attached hydrogens (tertiary/aromatic N) is 3. The summed E-state index contributed by atoms with van der Waals surface area (Å²) in [5.41, 5.74) is 1.88. The van der Waals surface area contributed by atoms with Crippen LogP contribution in [0.15, 0.2) is 12.5 Å². The molecule has 2 aromatic heterocycles. The van der Waals surface area contributed by atoms with Crippen molar-refractivity contribution in [3.8, 4) is 0 Å². The molecule has 0 radical (unpaired) electrons. The van der Waals surface area contributed by atoms with Gasteiger partial charge in [0.25, 0.3) is 0 Å². The molecule has 11 nitrogen and oxygen atoms in total. The van der Waals surface area contributed by atoms with Crippen molar-refractivity contribution in [1.82, 2.24) is 14.5 Å². The fraction of sp³-hybridized carbons (Fsp3) is 0.600. The molecule has 3 rings (SSSR count). The summed E-state index contributed by atoms with van der Waals surface area (Å²) >= 11 is 0. The predicted octanol–water partition coefficient (Wildman–Crippen LogP) is -1.87. The Morgan fingerprint density at radius 3 is 2.74 bits per heavy atom. The van der Waals surface area contributed by atoms with Gasteiger partial charge in [0, 0.05) is 18.8 Å². The van der Waals surface area contributed by atoms with Gasteiger partial charge in [-0.1, -0.05) is 0 Å². The van der Waals surface area contributed by atoms with Crippen LogP contribution in [0.4, 0.5) is 5.82 Å². The number of anilines is 1. The molecule has 4 atom stereocenters. The second-order valence-corrected chi connectivity index (χ2v) is 6.36. The zero-order valence-corrected chi connectivity index (χ0v) is 15.2. The van der Waals surface area contributed by atoms with Crippen LogP contribution in [0.2, 0.25) is 0 Å². The maximum atomic E-state index is 10.5. The normalized spacial score (nSPS) is 28.0. The largest absolute Gasteiger partial charge is 0.490 e. The van der Waals surface area contributed by atoms with Crippen LogP contribution in [0.5, 0.6) is 0 Å². The Bertz CT molecular complexity index is 804. The molecular weight excluding hydrogens is 359 g/mol. The Morgan fingerprint density at radius 1 is 1.41 bits per heavy atom. The summed E-state index contributed by atoms with van der Waals surface area (Å²) in [6.45, 7) is 3.38. The number of hydrogen-bond acceptors (Lipinski definition) is 10. The van der Waals surface area contributed by atoms with Gasteiger partial charge in [-0.2, -0.15) is 0 Å². The maximum absolute atomic E-state index is 10.5. The highest BCUT2D eigenvalue weighted by molar-refractivity contribution is 6.62. The Labute approximate surface area is 155 Å². The number of ether oxygens (including phenoxy) is 2. The van der Waals surface area contributed by atoms with Gasteiger partial charge in [-0.25, -0.2) is 15.4 Å². The number of nitrogens with one attached hydrogen (secondary N) is 1. The van der Waals surface area contributed by atoms with E-state index in [9.17, 15) is 20.3 Å². The molecule has 1 aliphatic heterocycles. The number of hydrogen-bond donors (Lipinski definition) is 5. The van der Waals surface area contributed by atoms with Crippen molar-refractivity contribution in [3.05, 3.63) is 12.5 Å². The minimum absolute atomic E-state index is 0.122. The van der Waals surface area contributed by atoms with E-state index >= 15 is 0 Å². The van der Waals surface area contributed by atoms with E-state index in [1.54, 1.807) is 13.8 Å². The number of aliphatic hydroxyl groups is 2. The van der Waals surface area contributed by atoms with Crippen molar-refractivity contribution >= 4 is 29.4 Å². The smallest absolute Gasteiger partial charge is 0.423 e. The molecule has 5 N–H and O–H groups in total. The molecule has 0 amide bonds. The lowest BCUT2D eigenvalue weighted by molar-refractivity contribution is -0.118. The lowest BCUT2D eigenvalue weighted by atomic mass is 9.80. The molecule has 1 fully saturated rings. The van der Waals surface area contributed by atoms with Gasteiger partial charge in [-0.05, 0) is 13.8 Å². The van der Waals surface area contributed by atoms with Crippen molar-refractivity contribution in [1.29, 1.82) is 0 Å². The van der Waals surface area contributed by atoms with Crippen LogP contribution in [0.1, 0.15) is 20.1 Å². The summed E-state index contributed by atoms with van der Waals surface area (Å²) in [6, 6.07) is 0. The van der Waals surface area contributed by atoms with E-state index in [2.05, 4.69) is 15.4 Å². The zero-order chi connectivity index (χ0) is 19.8. The summed E-state index contributed by atoms with van der Waals surface area (Å²) in [6.07, 6.45) is -0.148. The molecular formula is C15H23BN4O7. The topological polar surface area (TPSA) is 151 Å². The van der Waals surface area contributed by atoms with Crippen molar-refractivity contribution in [2.24, 2.45) is 0 Å². The predicted molar refractivity (Wildman–Crippen MR) is 95.0 cm³/mol. The first-order valence-corrected chi connectivity index (χ1v) is 8.47. The van der Waals surface area contributed by atoms with Crippen LogP contribution in [0, 0.1) is 0 Å². The van der Waals surface area contributed by atoms with E-state index in [0.717, 1.165) is 0 Å². The van der Waals surface area contributed by atoms with Crippen molar-refractivity contribution in [2.45, 2.75) is 37.9 Å². The number of rotatable bonds is 7. The third kappa shape index (κ3) is 3.19. The molecule has 27 heavy (non-hydrogen) atoms. The molecule has 0 saturated carbocycles. The fourth-order valence-electron chi connectivity index (χ4n) is 3.30. The quantitative estimate of drug-likeness (QED) is 0.272. The van der Waals surface area contributed by atoms with Crippen molar-refractivity contribution < 1.29 is 34.6 Å². The highest BCUT2D eigenvalue weighted by atomic mass is 16.6. The van der Waals surface area contributed by atoms with Crippen LogP contribution in [-0.4, -0.2) is 80.0 Å². The third-order valence-electron chi connectivity index (χ3n) is 4.84. The van der Waals surface area contributed by atoms with Crippen LogP contribution in [0.25, 0.3) is 11.0 Å². The molecule has 148 valence electrons. The Morgan fingerprint density at radius 2 is 2.15 bits per heavy atom. The van der Waals surface area contributed by atoms with Crippen molar-refractivity contribution in [3.63, 3.8) is 0 Å². The minimum Gasteiger partial charge on any atom is -0.423 e. The first kappa shape index (κ1) is 20.0. The number of fused-ring (bicyclic) bond motifs is 1. The van der Waals surface area contributed by atoms with E-state index in [-0.39, 0.29) is 11.3 Å². The maximum Gasteiger partial charge on any atom is 0.490 e. The van der Waals surface area contributed by atoms with Crippen LogP contribution in [0.3, 0.4) is 0 Å². The van der Waals surface area contributed by atoms with E-state index in [4.69, 9.17) is 14.3 Å². The molecule has 3 unspecified atom stereocenters. The molecule has 12 heteroatoms. The number of aliphatic hydroxyl groups excluding tert-OH is 2. The van der Waals surface area contributed by atoms with Gasteiger partial charge < -0.3 is 34.3 Å². The molecule has 1 saturated heterocycles. The van der Waals surface area contributed by atoms with Gasteiger partial charge >= 0.3 is 7.12 Å².